The molecule has 0 aliphatic heterocycles. The molecule has 1 heteroatoms. The van der Waals surface area contributed by atoms with Gasteiger partial charge >= 0.3 is 0 Å². The lowest BCUT2D eigenvalue weighted by Gasteiger charge is -2.24. The van der Waals surface area contributed by atoms with Gasteiger partial charge in [0.1, 0.15) is 6.29 Å². The molecule has 0 heterocycles. The first kappa shape index (κ1) is 7.33. The van der Waals surface area contributed by atoms with E-state index in [4.69, 9.17) is 0 Å². The lowest BCUT2D eigenvalue weighted by atomic mass is 9.82. The van der Waals surface area contributed by atoms with Crippen LogP contribution in [-0.4, -0.2) is 6.29 Å². The van der Waals surface area contributed by atoms with Crippen LogP contribution in [0.2, 0.25) is 0 Å². The van der Waals surface area contributed by atoms with Gasteiger partial charge in [0.15, 0.2) is 0 Å². The van der Waals surface area contributed by atoms with Crippen molar-refractivity contribution in [1.29, 1.82) is 0 Å². The summed E-state index contributed by atoms with van der Waals surface area (Å²) in [4.78, 5) is 10.6. The maximum atomic E-state index is 10.6. The first-order valence-electron chi connectivity index (χ1n) is 4.85. The SMILES string of the molecule is O=CC1C[C@H]2CCCC[C@H]2C1. The van der Waals surface area contributed by atoms with Crippen LogP contribution in [0.5, 0.6) is 0 Å². The van der Waals surface area contributed by atoms with E-state index in [1.54, 1.807) is 0 Å². The number of hydrogen-bond acceptors (Lipinski definition) is 1. The van der Waals surface area contributed by atoms with Crippen molar-refractivity contribution in [3.8, 4) is 0 Å². The van der Waals surface area contributed by atoms with Crippen LogP contribution in [0, 0.1) is 17.8 Å². The van der Waals surface area contributed by atoms with E-state index in [1.807, 2.05) is 0 Å². The van der Waals surface area contributed by atoms with Crippen molar-refractivity contribution >= 4 is 6.29 Å². The monoisotopic (exact) mass is 152 g/mol. The Bertz CT molecular complexity index is 139. The van der Waals surface area contributed by atoms with Crippen LogP contribution >= 0.6 is 0 Å². The molecule has 0 N–H and O–H groups in total. The smallest absolute Gasteiger partial charge is 0.123 e. The summed E-state index contributed by atoms with van der Waals surface area (Å²) < 4.78 is 0. The Hall–Kier alpha value is -0.330. The first-order chi connectivity index (χ1) is 5.40. The molecule has 2 fully saturated rings. The molecule has 0 amide bonds. The van der Waals surface area contributed by atoms with E-state index in [2.05, 4.69) is 0 Å². The van der Waals surface area contributed by atoms with Crippen LogP contribution < -0.4 is 0 Å². The molecule has 0 saturated heterocycles. The van der Waals surface area contributed by atoms with Crippen molar-refractivity contribution < 1.29 is 4.79 Å². The predicted molar refractivity (Wildman–Crippen MR) is 44.2 cm³/mol. The van der Waals surface area contributed by atoms with Crippen molar-refractivity contribution in [2.45, 2.75) is 38.5 Å². The van der Waals surface area contributed by atoms with Crippen molar-refractivity contribution in [1.82, 2.24) is 0 Å². The van der Waals surface area contributed by atoms with Gasteiger partial charge in [0.05, 0.1) is 0 Å². The fourth-order valence-electron chi connectivity index (χ4n) is 2.89. The van der Waals surface area contributed by atoms with Gasteiger partial charge in [-0.2, -0.15) is 0 Å². The average molecular weight is 152 g/mol. The predicted octanol–water partition coefficient (Wildman–Crippen LogP) is 2.40. The quantitative estimate of drug-likeness (QED) is 0.527. The summed E-state index contributed by atoms with van der Waals surface area (Å²) in [6, 6.07) is 0. The molecular formula is C10H16O. The molecule has 1 unspecified atom stereocenters. The molecule has 3 atom stereocenters. The van der Waals surface area contributed by atoms with Crippen LogP contribution in [0.3, 0.4) is 0 Å². The Labute approximate surface area is 68.2 Å². The Balaban J connectivity index is 1.97. The van der Waals surface area contributed by atoms with E-state index in [0.29, 0.717) is 5.92 Å². The third kappa shape index (κ3) is 1.33. The zero-order chi connectivity index (χ0) is 7.68. The van der Waals surface area contributed by atoms with Crippen molar-refractivity contribution in [3.63, 3.8) is 0 Å². The number of carbonyl (C=O) groups is 1. The summed E-state index contributed by atoms with van der Waals surface area (Å²) in [6.45, 7) is 0. The minimum absolute atomic E-state index is 0.420. The van der Waals surface area contributed by atoms with Gasteiger partial charge < -0.3 is 4.79 Å². The van der Waals surface area contributed by atoms with E-state index in [-0.39, 0.29) is 0 Å². The van der Waals surface area contributed by atoms with Gasteiger partial charge in [0.2, 0.25) is 0 Å². The fraction of sp³-hybridized carbons (Fsp3) is 0.900. The maximum Gasteiger partial charge on any atom is 0.123 e. The molecule has 0 bridgehead atoms. The summed E-state index contributed by atoms with van der Waals surface area (Å²) in [5.41, 5.74) is 0. The van der Waals surface area contributed by atoms with E-state index in [1.165, 1.54) is 44.8 Å². The number of fused-ring (bicyclic) bond motifs is 1. The van der Waals surface area contributed by atoms with Gasteiger partial charge in [0.25, 0.3) is 0 Å². The lowest BCUT2D eigenvalue weighted by molar-refractivity contribution is -0.111. The molecule has 2 aliphatic rings. The largest absolute Gasteiger partial charge is 0.303 e. The van der Waals surface area contributed by atoms with Crippen LogP contribution in [0.25, 0.3) is 0 Å². The summed E-state index contributed by atoms with van der Waals surface area (Å²) in [6.07, 6.45) is 9.20. The number of hydrogen-bond donors (Lipinski definition) is 0. The zero-order valence-corrected chi connectivity index (χ0v) is 6.96. The molecule has 0 aromatic heterocycles. The van der Waals surface area contributed by atoms with E-state index in [9.17, 15) is 4.79 Å². The van der Waals surface area contributed by atoms with Crippen LogP contribution in [-0.2, 0) is 4.79 Å². The van der Waals surface area contributed by atoms with Crippen molar-refractivity contribution in [3.05, 3.63) is 0 Å². The van der Waals surface area contributed by atoms with E-state index in [0.717, 1.165) is 11.8 Å². The minimum atomic E-state index is 0.420. The van der Waals surface area contributed by atoms with Crippen LogP contribution in [0.4, 0.5) is 0 Å². The second-order valence-electron chi connectivity index (χ2n) is 4.17. The number of aldehydes is 1. The second kappa shape index (κ2) is 2.96. The lowest BCUT2D eigenvalue weighted by Crippen LogP contribution is -2.12. The van der Waals surface area contributed by atoms with Crippen molar-refractivity contribution in [2.24, 2.45) is 17.8 Å². The molecule has 0 aromatic rings. The Morgan fingerprint density at radius 3 is 2.00 bits per heavy atom. The van der Waals surface area contributed by atoms with Crippen LogP contribution in [0.1, 0.15) is 38.5 Å². The fourth-order valence-corrected chi connectivity index (χ4v) is 2.89. The molecule has 0 radical (unpaired) electrons. The van der Waals surface area contributed by atoms with Gasteiger partial charge in [-0.3, -0.25) is 0 Å². The van der Waals surface area contributed by atoms with Gasteiger partial charge in [-0.15, -0.1) is 0 Å². The molecule has 0 aromatic carbocycles. The summed E-state index contributed by atoms with van der Waals surface area (Å²) in [5.74, 6) is 2.25. The maximum absolute atomic E-state index is 10.6. The van der Waals surface area contributed by atoms with E-state index >= 15 is 0 Å². The summed E-state index contributed by atoms with van der Waals surface area (Å²) in [5, 5.41) is 0. The van der Waals surface area contributed by atoms with E-state index < -0.39 is 0 Å². The molecule has 2 aliphatic carbocycles. The highest BCUT2D eigenvalue weighted by Gasteiger charge is 2.34. The third-order valence-electron chi connectivity index (χ3n) is 3.47. The van der Waals surface area contributed by atoms with Gasteiger partial charge in [-0.1, -0.05) is 25.7 Å². The molecule has 62 valence electrons. The topological polar surface area (TPSA) is 17.1 Å². The van der Waals surface area contributed by atoms with Crippen LogP contribution in [0.15, 0.2) is 0 Å². The minimum Gasteiger partial charge on any atom is -0.303 e. The highest BCUT2D eigenvalue weighted by atomic mass is 16.1. The first-order valence-corrected chi connectivity index (χ1v) is 4.85. The average Bonchev–Trinajstić information content (AvgIpc) is 2.46. The Morgan fingerprint density at radius 1 is 1.00 bits per heavy atom. The third-order valence-corrected chi connectivity index (χ3v) is 3.47. The van der Waals surface area contributed by atoms with Crippen molar-refractivity contribution in [2.75, 3.05) is 0 Å². The molecule has 1 nitrogen and oxygen atoms in total. The van der Waals surface area contributed by atoms with Gasteiger partial charge in [-0.25, -0.2) is 0 Å². The highest BCUT2D eigenvalue weighted by Crippen LogP contribution is 2.44. The molecule has 2 rings (SSSR count). The molecular weight excluding hydrogens is 136 g/mol. The second-order valence-corrected chi connectivity index (χ2v) is 4.17. The normalized spacial score (nSPS) is 43.5. The molecule has 11 heavy (non-hydrogen) atoms. The number of carbonyl (C=O) groups excluding carboxylic acids is 1. The zero-order valence-electron chi connectivity index (χ0n) is 6.96. The summed E-state index contributed by atoms with van der Waals surface area (Å²) >= 11 is 0. The highest BCUT2D eigenvalue weighted by molar-refractivity contribution is 5.54. The summed E-state index contributed by atoms with van der Waals surface area (Å²) in [7, 11) is 0. The standard InChI is InChI=1S/C10H16O/c11-7-8-5-9-3-1-2-4-10(9)6-8/h7-10H,1-6H2/t8?,9-,10+. The van der Waals surface area contributed by atoms with Gasteiger partial charge in [0, 0.05) is 5.92 Å². The Kier molecular flexibility index (Phi) is 1.97. The molecule has 0 spiro atoms. The van der Waals surface area contributed by atoms with Gasteiger partial charge in [-0.05, 0) is 24.7 Å². The number of rotatable bonds is 1. The molecule has 2 saturated carbocycles. The Morgan fingerprint density at radius 2 is 1.55 bits per heavy atom.